The third kappa shape index (κ3) is 3.65. The van der Waals surface area contributed by atoms with Crippen molar-refractivity contribution in [1.82, 2.24) is 25.2 Å². The molecule has 3 aromatic rings. The van der Waals surface area contributed by atoms with Gasteiger partial charge in [-0.15, -0.1) is 5.10 Å². The molecule has 0 saturated carbocycles. The average Bonchev–Trinajstić information content (AvgIpc) is 3.21. The number of hydrogen-bond acceptors (Lipinski definition) is 5. The first-order valence-corrected chi connectivity index (χ1v) is 10.8. The highest BCUT2D eigenvalue weighted by molar-refractivity contribution is 5.82. The van der Waals surface area contributed by atoms with E-state index in [9.17, 15) is 9.90 Å². The molecule has 1 fully saturated rings. The van der Waals surface area contributed by atoms with Crippen molar-refractivity contribution in [2.45, 2.75) is 64.6 Å². The third-order valence-electron chi connectivity index (χ3n) is 6.62. The molecular formula is C22H31N6O2+. The number of pyridine rings is 1. The van der Waals surface area contributed by atoms with Crippen LogP contribution in [-0.4, -0.2) is 49.5 Å². The zero-order valence-electron chi connectivity index (χ0n) is 18.1. The predicted molar refractivity (Wildman–Crippen MR) is 115 cm³/mol. The minimum atomic E-state index is -0.299. The minimum absolute atomic E-state index is 0.107. The number of H-pyrrole nitrogens is 1. The van der Waals surface area contributed by atoms with Gasteiger partial charge in [0.25, 0.3) is 5.56 Å². The van der Waals surface area contributed by atoms with Gasteiger partial charge < -0.3 is 15.0 Å². The van der Waals surface area contributed by atoms with Gasteiger partial charge in [-0.1, -0.05) is 25.1 Å². The number of aryl methyl sites for hydroxylation is 1. The van der Waals surface area contributed by atoms with Crippen LogP contribution in [0.2, 0.25) is 0 Å². The Kier molecular flexibility index (Phi) is 5.46. The smallest absolute Gasteiger partial charge is 0.258 e. The molecule has 8 nitrogen and oxygen atoms in total. The number of nitrogens with one attached hydrogen (secondary N) is 2. The van der Waals surface area contributed by atoms with Crippen LogP contribution >= 0.6 is 0 Å². The van der Waals surface area contributed by atoms with E-state index in [4.69, 9.17) is 0 Å². The lowest BCUT2D eigenvalue weighted by Crippen LogP contribution is -3.14. The molecule has 0 spiro atoms. The highest BCUT2D eigenvalue weighted by atomic mass is 16.3. The van der Waals surface area contributed by atoms with Crippen molar-refractivity contribution in [3.63, 3.8) is 0 Å². The van der Waals surface area contributed by atoms with Crippen molar-refractivity contribution < 1.29 is 10.0 Å². The van der Waals surface area contributed by atoms with Crippen molar-refractivity contribution in [2.75, 3.05) is 13.1 Å². The van der Waals surface area contributed by atoms with Gasteiger partial charge in [0.05, 0.1) is 35.8 Å². The van der Waals surface area contributed by atoms with E-state index in [2.05, 4.69) is 41.3 Å². The van der Waals surface area contributed by atoms with Crippen LogP contribution in [0.15, 0.2) is 29.1 Å². The summed E-state index contributed by atoms with van der Waals surface area (Å²) in [6.07, 6.45) is 1.98. The Hall–Kier alpha value is -2.58. The second kappa shape index (κ2) is 7.92. The summed E-state index contributed by atoms with van der Waals surface area (Å²) in [5.74, 6) is 0.700. The number of fused-ring (bicyclic) bond motifs is 1. The summed E-state index contributed by atoms with van der Waals surface area (Å²) in [7, 11) is 0. The number of tetrazole rings is 1. The van der Waals surface area contributed by atoms with Crippen LogP contribution in [0, 0.1) is 6.92 Å². The van der Waals surface area contributed by atoms with E-state index in [1.54, 1.807) is 0 Å². The van der Waals surface area contributed by atoms with Gasteiger partial charge in [-0.05, 0) is 54.6 Å². The van der Waals surface area contributed by atoms with Crippen LogP contribution in [0.5, 0.6) is 0 Å². The molecule has 0 bridgehead atoms. The normalized spacial score (nSPS) is 21.1. The summed E-state index contributed by atoms with van der Waals surface area (Å²) in [5.41, 5.74) is 2.19. The Bertz CT molecular complexity index is 1090. The second-order valence-corrected chi connectivity index (χ2v) is 9.03. The summed E-state index contributed by atoms with van der Waals surface area (Å²) in [6.45, 7) is 9.83. The number of rotatable bonds is 5. The molecule has 0 unspecified atom stereocenters. The summed E-state index contributed by atoms with van der Waals surface area (Å²) >= 11 is 0. The number of hydrogen-bond donors (Lipinski definition) is 3. The van der Waals surface area contributed by atoms with Crippen molar-refractivity contribution in [1.29, 1.82) is 0 Å². The molecule has 0 aliphatic carbocycles. The van der Waals surface area contributed by atoms with Gasteiger partial charge in [0.2, 0.25) is 5.82 Å². The summed E-state index contributed by atoms with van der Waals surface area (Å²) in [4.78, 5) is 17.6. The number of likely N-dealkylation sites (tertiary alicyclic amines) is 1. The molecular weight excluding hydrogens is 380 g/mol. The molecule has 8 heteroatoms. The largest absolute Gasteiger partial charge is 0.393 e. The van der Waals surface area contributed by atoms with Gasteiger partial charge in [0.15, 0.2) is 6.04 Å². The van der Waals surface area contributed by atoms with Gasteiger partial charge in [-0.25, -0.2) is 4.68 Å². The number of nitrogens with zero attached hydrogens (tertiary/aromatic N) is 4. The second-order valence-electron chi connectivity index (χ2n) is 9.03. The molecule has 4 rings (SSSR count). The van der Waals surface area contributed by atoms with Gasteiger partial charge >= 0.3 is 0 Å². The topological polar surface area (TPSA) is 101 Å². The Morgan fingerprint density at radius 3 is 2.77 bits per heavy atom. The first kappa shape index (κ1) is 20.7. The van der Waals surface area contributed by atoms with E-state index < -0.39 is 0 Å². The van der Waals surface area contributed by atoms with Crippen LogP contribution in [0.1, 0.15) is 63.0 Å². The van der Waals surface area contributed by atoms with Crippen molar-refractivity contribution in [3.8, 4) is 0 Å². The number of benzene rings is 1. The fraction of sp³-hybridized carbons (Fsp3) is 0.545. The number of aliphatic hydroxyl groups is 1. The summed E-state index contributed by atoms with van der Waals surface area (Å²) < 4.78 is 1.87. The van der Waals surface area contributed by atoms with Crippen molar-refractivity contribution >= 4 is 10.9 Å². The number of aromatic amines is 1. The maximum Gasteiger partial charge on any atom is 0.258 e. The van der Waals surface area contributed by atoms with Crippen LogP contribution in [-0.2, 0) is 5.54 Å². The van der Waals surface area contributed by atoms with E-state index in [0.29, 0.717) is 24.2 Å². The third-order valence-corrected chi connectivity index (χ3v) is 6.62. The van der Waals surface area contributed by atoms with E-state index in [1.165, 1.54) is 4.90 Å². The first-order valence-electron chi connectivity index (χ1n) is 10.8. The minimum Gasteiger partial charge on any atom is -0.393 e. The molecule has 1 atom stereocenters. The van der Waals surface area contributed by atoms with Crippen LogP contribution in [0.4, 0.5) is 0 Å². The highest BCUT2D eigenvalue weighted by Gasteiger charge is 2.38. The molecule has 30 heavy (non-hydrogen) atoms. The van der Waals surface area contributed by atoms with Gasteiger partial charge in [0.1, 0.15) is 0 Å². The number of piperidine rings is 1. The number of quaternary nitrogens is 1. The number of para-hydroxylation sites is 1. The molecule has 0 amide bonds. The fourth-order valence-corrected chi connectivity index (χ4v) is 4.37. The van der Waals surface area contributed by atoms with Gasteiger partial charge in [0, 0.05) is 12.8 Å². The van der Waals surface area contributed by atoms with E-state index in [0.717, 1.165) is 36.0 Å². The zero-order chi connectivity index (χ0) is 21.5. The molecule has 3 heterocycles. The highest BCUT2D eigenvalue weighted by Crippen LogP contribution is 2.25. The molecule has 160 valence electrons. The maximum absolute atomic E-state index is 13.3. The lowest BCUT2D eigenvalue weighted by atomic mass is 9.97. The predicted octanol–water partition coefficient (Wildman–Crippen LogP) is 1.10. The first-order chi connectivity index (χ1) is 14.3. The Balaban J connectivity index is 1.90. The van der Waals surface area contributed by atoms with Gasteiger partial charge in [-0.3, -0.25) is 4.79 Å². The monoisotopic (exact) mass is 411 g/mol. The number of aromatic nitrogens is 5. The molecule has 3 N–H and O–H groups in total. The van der Waals surface area contributed by atoms with E-state index in [-0.39, 0.29) is 23.2 Å². The Morgan fingerprint density at radius 1 is 1.33 bits per heavy atom. The molecule has 1 aromatic carbocycles. The van der Waals surface area contributed by atoms with Crippen LogP contribution in [0.3, 0.4) is 0 Å². The van der Waals surface area contributed by atoms with Crippen molar-refractivity contribution in [3.05, 3.63) is 51.6 Å². The Labute approximate surface area is 175 Å². The molecule has 0 radical (unpaired) electrons. The lowest BCUT2D eigenvalue weighted by Gasteiger charge is -2.34. The molecule has 2 aromatic heterocycles. The summed E-state index contributed by atoms with van der Waals surface area (Å²) in [5, 5.41) is 23.7. The summed E-state index contributed by atoms with van der Waals surface area (Å²) in [6, 6.07) is 7.71. The number of aliphatic hydroxyl groups excluding tert-OH is 1. The van der Waals surface area contributed by atoms with Crippen molar-refractivity contribution in [2.24, 2.45) is 0 Å². The maximum atomic E-state index is 13.3. The van der Waals surface area contributed by atoms with Crippen LogP contribution < -0.4 is 10.5 Å². The van der Waals surface area contributed by atoms with Gasteiger partial charge in [-0.2, -0.15) is 0 Å². The molecule has 1 saturated heterocycles. The lowest BCUT2D eigenvalue weighted by molar-refractivity contribution is -0.932. The van der Waals surface area contributed by atoms with E-state index in [1.807, 2.05) is 35.9 Å². The van der Waals surface area contributed by atoms with E-state index >= 15 is 0 Å². The fourth-order valence-electron chi connectivity index (χ4n) is 4.37. The molecule has 1 aliphatic heterocycles. The average molecular weight is 412 g/mol. The SMILES string of the molecule is CCC(C)(C)n1nnnc1[C@@H](c1cc2cccc(C)c2[nH]c1=O)[NH+]1CCC(O)CC1. The van der Waals surface area contributed by atoms with Crippen LogP contribution in [0.25, 0.3) is 10.9 Å². The Morgan fingerprint density at radius 2 is 2.07 bits per heavy atom. The zero-order valence-corrected chi connectivity index (χ0v) is 18.1. The standard InChI is InChI=1S/C22H30N6O2/c1-5-22(3,4)28-20(24-25-26-28)19(27-11-9-16(29)10-12-27)17-13-15-8-6-7-14(2)18(15)23-21(17)30/h6-8,13,16,19,29H,5,9-12H2,1-4H3,(H,23,30)/p+1/t19-/m1/s1. The quantitative estimate of drug-likeness (QED) is 0.584. The molecule has 1 aliphatic rings.